The molecule has 0 saturated carbocycles. The molecule has 1 aromatic carbocycles. The van der Waals surface area contributed by atoms with Crippen molar-refractivity contribution in [3.05, 3.63) is 28.2 Å². The third-order valence-corrected chi connectivity index (χ3v) is 2.31. The van der Waals surface area contributed by atoms with Gasteiger partial charge in [0.2, 0.25) is 0 Å². The van der Waals surface area contributed by atoms with Crippen molar-refractivity contribution >= 4 is 15.9 Å². The molecule has 0 bridgehead atoms. The number of hydrogen-bond acceptors (Lipinski definition) is 1. The van der Waals surface area contributed by atoms with E-state index in [1.54, 1.807) is 0 Å². The second-order valence-electron chi connectivity index (χ2n) is 2.32. The molecule has 1 rings (SSSR count). The van der Waals surface area contributed by atoms with Crippen LogP contribution in [0.15, 0.2) is 22.7 Å². The van der Waals surface area contributed by atoms with Gasteiger partial charge < -0.3 is 4.74 Å². The van der Waals surface area contributed by atoms with Gasteiger partial charge in [-0.05, 0) is 28.1 Å². The summed E-state index contributed by atoms with van der Waals surface area (Å²) in [6.45, 7) is 0. The number of hydrogen-bond donors (Lipinski definition) is 0. The quantitative estimate of drug-likeness (QED) is 0.746. The Morgan fingerprint density at radius 3 is 2.38 bits per heavy atom. The van der Waals surface area contributed by atoms with Crippen LogP contribution in [0, 0.1) is 0 Å². The van der Waals surface area contributed by atoms with Crippen LogP contribution in [0.25, 0.3) is 0 Å². The lowest BCUT2D eigenvalue weighted by molar-refractivity contribution is -0.138. The maximum Gasteiger partial charge on any atom is 0.417 e. The van der Waals surface area contributed by atoms with Gasteiger partial charge >= 0.3 is 6.18 Å². The minimum atomic E-state index is -4.35. The molecule has 0 aliphatic carbocycles. The van der Waals surface area contributed by atoms with Crippen LogP contribution in [0.3, 0.4) is 0 Å². The molecule has 0 amide bonds. The molecule has 0 unspecified atom stereocenters. The van der Waals surface area contributed by atoms with E-state index < -0.39 is 11.7 Å². The standard InChI is InChI=1S/C8H6BrF3O/c1-13-6-4-2-3-5(7(6)9)8(10,11)12/h2-4H,1H3. The monoisotopic (exact) mass is 254 g/mol. The summed E-state index contributed by atoms with van der Waals surface area (Å²) in [6.07, 6.45) is -4.35. The van der Waals surface area contributed by atoms with E-state index >= 15 is 0 Å². The number of methoxy groups -OCH3 is 1. The molecule has 0 saturated heterocycles. The zero-order chi connectivity index (χ0) is 10.1. The van der Waals surface area contributed by atoms with Crippen LogP contribution in [-0.4, -0.2) is 7.11 Å². The van der Waals surface area contributed by atoms with Crippen molar-refractivity contribution in [3.63, 3.8) is 0 Å². The summed E-state index contributed by atoms with van der Waals surface area (Å²) in [6, 6.07) is 3.75. The summed E-state index contributed by atoms with van der Waals surface area (Å²) in [5.74, 6) is 0.176. The van der Waals surface area contributed by atoms with E-state index in [0.717, 1.165) is 6.07 Å². The molecule has 0 aliphatic heterocycles. The average molecular weight is 255 g/mol. The van der Waals surface area contributed by atoms with Gasteiger partial charge in [0.1, 0.15) is 5.75 Å². The molecule has 1 aromatic rings. The Bertz CT molecular complexity index is 309. The maximum atomic E-state index is 12.3. The summed E-state index contributed by atoms with van der Waals surface area (Å²) >= 11 is 2.83. The highest BCUT2D eigenvalue weighted by molar-refractivity contribution is 9.10. The van der Waals surface area contributed by atoms with Crippen molar-refractivity contribution in [3.8, 4) is 5.75 Å². The molecule has 0 aromatic heterocycles. The summed E-state index contributed by atoms with van der Waals surface area (Å²) in [5.41, 5.74) is -0.730. The van der Waals surface area contributed by atoms with E-state index in [2.05, 4.69) is 15.9 Å². The minimum absolute atomic E-state index is 0.0648. The Morgan fingerprint density at radius 2 is 1.92 bits per heavy atom. The van der Waals surface area contributed by atoms with Crippen LogP contribution in [-0.2, 0) is 6.18 Å². The van der Waals surface area contributed by atoms with E-state index in [1.165, 1.54) is 19.2 Å². The van der Waals surface area contributed by atoms with Crippen LogP contribution in [0.1, 0.15) is 5.56 Å². The van der Waals surface area contributed by atoms with E-state index in [0.29, 0.717) is 0 Å². The van der Waals surface area contributed by atoms with Gasteiger partial charge in [-0.15, -0.1) is 0 Å². The van der Waals surface area contributed by atoms with Gasteiger partial charge in [0.15, 0.2) is 0 Å². The zero-order valence-corrected chi connectivity index (χ0v) is 8.24. The van der Waals surface area contributed by atoms with E-state index in [9.17, 15) is 13.2 Å². The number of rotatable bonds is 1. The van der Waals surface area contributed by atoms with Crippen molar-refractivity contribution < 1.29 is 17.9 Å². The molecule has 5 heteroatoms. The molecular formula is C8H6BrF3O. The van der Waals surface area contributed by atoms with Crippen LogP contribution >= 0.6 is 15.9 Å². The Morgan fingerprint density at radius 1 is 1.31 bits per heavy atom. The van der Waals surface area contributed by atoms with Crippen molar-refractivity contribution in [1.82, 2.24) is 0 Å². The molecule has 0 fully saturated rings. The van der Waals surface area contributed by atoms with Gasteiger partial charge in [0.25, 0.3) is 0 Å². The van der Waals surface area contributed by atoms with Gasteiger partial charge in [-0.25, -0.2) is 0 Å². The first-order valence-electron chi connectivity index (χ1n) is 3.36. The smallest absolute Gasteiger partial charge is 0.417 e. The third kappa shape index (κ3) is 2.15. The lowest BCUT2D eigenvalue weighted by atomic mass is 10.2. The molecule has 72 valence electrons. The average Bonchev–Trinajstić information content (AvgIpc) is 2.02. The Labute approximate surface area is 81.6 Å². The van der Waals surface area contributed by atoms with Crippen LogP contribution in [0.2, 0.25) is 0 Å². The molecule has 1 nitrogen and oxygen atoms in total. The van der Waals surface area contributed by atoms with E-state index in [1.807, 2.05) is 0 Å². The SMILES string of the molecule is COc1cccc(C(F)(F)F)c1Br. The molecule has 0 atom stereocenters. The highest BCUT2D eigenvalue weighted by atomic mass is 79.9. The lowest BCUT2D eigenvalue weighted by Gasteiger charge is -2.11. The molecule has 13 heavy (non-hydrogen) atoms. The summed E-state index contributed by atoms with van der Waals surface area (Å²) in [7, 11) is 1.32. The Hall–Kier alpha value is -0.710. The van der Waals surface area contributed by atoms with E-state index in [-0.39, 0.29) is 10.2 Å². The molecule has 0 aliphatic rings. The lowest BCUT2D eigenvalue weighted by Crippen LogP contribution is -2.06. The number of alkyl halides is 3. The first kappa shape index (κ1) is 10.4. The fourth-order valence-electron chi connectivity index (χ4n) is 0.887. The van der Waals surface area contributed by atoms with Crippen molar-refractivity contribution in [2.75, 3.05) is 7.11 Å². The van der Waals surface area contributed by atoms with E-state index in [4.69, 9.17) is 4.74 Å². The fraction of sp³-hybridized carbons (Fsp3) is 0.250. The van der Waals surface area contributed by atoms with Crippen LogP contribution in [0.5, 0.6) is 5.75 Å². The number of benzene rings is 1. The zero-order valence-electron chi connectivity index (χ0n) is 6.65. The van der Waals surface area contributed by atoms with Crippen molar-refractivity contribution in [1.29, 1.82) is 0 Å². The Balaban J connectivity index is 3.24. The van der Waals surface area contributed by atoms with Gasteiger partial charge in [-0.1, -0.05) is 6.07 Å². The normalized spacial score (nSPS) is 11.5. The predicted molar refractivity (Wildman–Crippen MR) is 45.7 cm³/mol. The third-order valence-electron chi connectivity index (χ3n) is 1.49. The second kappa shape index (κ2) is 3.57. The van der Waals surface area contributed by atoms with Crippen molar-refractivity contribution in [2.24, 2.45) is 0 Å². The topological polar surface area (TPSA) is 9.23 Å². The van der Waals surface area contributed by atoms with Crippen LogP contribution < -0.4 is 4.74 Å². The molecule has 0 heterocycles. The second-order valence-corrected chi connectivity index (χ2v) is 3.11. The first-order chi connectivity index (χ1) is 5.96. The first-order valence-corrected chi connectivity index (χ1v) is 4.16. The highest BCUT2D eigenvalue weighted by Gasteiger charge is 2.33. The summed E-state index contributed by atoms with van der Waals surface area (Å²) in [4.78, 5) is 0. The van der Waals surface area contributed by atoms with Gasteiger partial charge in [0, 0.05) is 0 Å². The maximum absolute atomic E-state index is 12.3. The highest BCUT2D eigenvalue weighted by Crippen LogP contribution is 2.39. The molecule has 0 N–H and O–H groups in total. The molecule has 0 spiro atoms. The molecule has 0 radical (unpaired) electrons. The largest absolute Gasteiger partial charge is 0.496 e. The summed E-state index contributed by atoms with van der Waals surface area (Å²) in [5, 5.41) is 0. The van der Waals surface area contributed by atoms with Gasteiger partial charge in [0.05, 0.1) is 17.1 Å². The predicted octanol–water partition coefficient (Wildman–Crippen LogP) is 3.48. The number of ether oxygens (including phenoxy) is 1. The fourth-order valence-corrected chi connectivity index (χ4v) is 1.54. The van der Waals surface area contributed by atoms with Gasteiger partial charge in [-0.3, -0.25) is 0 Å². The number of halogens is 4. The summed E-state index contributed by atoms with van der Waals surface area (Å²) < 4.78 is 41.5. The minimum Gasteiger partial charge on any atom is -0.496 e. The van der Waals surface area contributed by atoms with Crippen molar-refractivity contribution in [2.45, 2.75) is 6.18 Å². The van der Waals surface area contributed by atoms with Crippen LogP contribution in [0.4, 0.5) is 13.2 Å². The van der Waals surface area contributed by atoms with Gasteiger partial charge in [-0.2, -0.15) is 13.2 Å². The Kier molecular flexibility index (Phi) is 2.85. The molecular weight excluding hydrogens is 249 g/mol.